The van der Waals surface area contributed by atoms with E-state index in [0.717, 1.165) is 17.7 Å². The highest BCUT2D eigenvalue weighted by molar-refractivity contribution is 5.93. The second-order valence-electron chi connectivity index (χ2n) is 5.86. The van der Waals surface area contributed by atoms with E-state index in [-0.39, 0.29) is 12.5 Å². The molecule has 0 spiro atoms. The van der Waals surface area contributed by atoms with Crippen molar-refractivity contribution in [2.24, 2.45) is 4.99 Å². The van der Waals surface area contributed by atoms with Gasteiger partial charge in [0.05, 0.1) is 17.4 Å². The number of anilines is 1. The minimum absolute atomic E-state index is 0.0789. The third-order valence-corrected chi connectivity index (χ3v) is 3.66. The van der Waals surface area contributed by atoms with E-state index in [1.54, 1.807) is 18.3 Å². The Hall–Kier alpha value is -3.10. The summed E-state index contributed by atoms with van der Waals surface area (Å²) in [5.74, 6) is 0.170. The molecule has 0 aliphatic heterocycles. The number of carbonyl (C=O) groups excluding carboxylic acids is 1. The highest BCUT2D eigenvalue weighted by Gasteiger charge is 2.29. The van der Waals surface area contributed by atoms with E-state index >= 15 is 0 Å². The fourth-order valence-electron chi connectivity index (χ4n) is 2.32. The first-order valence-electron chi connectivity index (χ1n) is 8.76. The molecule has 3 N–H and O–H groups in total. The van der Waals surface area contributed by atoms with Gasteiger partial charge in [0.2, 0.25) is 5.91 Å². The fraction of sp³-hybridized carbons (Fsp3) is 0.316. The zero-order valence-electron chi connectivity index (χ0n) is 15.4. The number of rotatable bonds is 7. The van der Waals surface area contributed by atoms with Crippen molar-refractivity contribution in [2.45, 2.75) is 19.5 Å². The van der Waals surface area contributed by atoms with Gasteiger partial charge in [-0.2, -0.15) is 13.2 Å². The Morgan fingerprint density at radius 1 is 1.14 bits per heavy atom. The first-order valence-corrected chi connectivity index (χ1v) is 8.76. The molecule has 0 saturated carbocycles. The maximum absolute atomic E-state index is 12.6. The van der Waals surface area contributed by atoms with E-state index in [1.807, 2.05) is 6.92 Å². The van der Waals surface area contributed by atoms with Gasteiger partial charge >= 0.3 is 6.18 Å². The lowest BCUT2D eigenvalue weighted by Gasteiger charge is -2.12. The van der Waals surface area contributed by atoms with Crippen LogP contribution in [0.2, 0.25) is 0 Å². The number of hydrogen-bond acceptors (Lipinski definition) is 3. The molecular weight excluding hydrogens is 371 g/mol. The molecule has 1 amide bonds. The van der Waals surface area contributed by atoms with Gasteiger partial charge in [0.25, 0.3) is 0 Å². The monoisotopic (exact) mass is 393 g/mol. The molecule has 1 aromatic carbocycles. The highest BCUT2D eigenvalue weighted by atomic mass is 19.4. The molecule has 0 fully saturated rings. The third-order valence-electron chi connectivity index (χ3n) is 3.66. The van der Waals surface area contributed by atoms with Crippen LogP contribution in [-0.2, 0) is 17.4 Å². The summed E-state index contributed by atoms with van der Waals surface area (Å²) in [6.07, 6.45) is -0.671. The van der Waals surface area contributed by atoms with Crippen molar-refractivity contribution in [3.05, 3.63) is 59.9 Å². The van der Waals surface area contributed by atoms with Crippen LogP contribution < -0.4 is 16.0 Å². The van der Waals surface area contributed by atoms with Crippen molar-refractivity contribution in [3.63, 3.8) is 0 Å². The molecule has 6 nitrogen and oxygen atoms in total. The number of hydrogen-bond donors (Lipinski definition) is 3. The minimum atomic E-state index is -4.34. The van der Waals surface area contributed by atoms with Crippen LogP contribution in [-0.4, -0.2) is 36.5 Å². The Kier molecular flexibility index (Phi) is 7.79. The molecule has 0 atom stereocenters. The third kappa shape index (κ3) is 7.26. The van der Waals surface area contributed by atoms with Crippen LogP contribution in [0.15, 0.2) is 53.8 Å². The number of amides is 1. The normalized spacial score (nSPS) is 11.8. The van der Waals surface area contributed by atoms with Gasteiger partial charge in [-0.05, 0) is 43.2 Å². The summed E-state index contributed by atoms with van der Waals surface area (Å²) in [7, 11) is 0. The average molecular weight is 393 g/mol. The van der Waals surface area contributed by atoms with Gasteiger partial charge in [0.1, 0.15) is 6.54 Å². The van der Waals surface area contributed by atoms with Gasteiger partial charge in [0.15, 0.2) is 5.96 Å². The van der Waals surface area contributed by atoms with Crippen molar-refractivity contribution in [3.8, 4) is 0 Å². The predicted molar refractivity (Wildman–Crippen MR) is 102 cm³/mol. The molecule has 2 aromatic rings. The number of guanidine groups is 1. The number of aromatic nitrogens is 1. The van der Waals surface area contributed by atoms with E-state index in [0.29, 0.717) is 31.2 Å². The number of benzene rings is 1. The molecule has 0 aliphatic carbocycles. The Bertz CT molecular complexity index is 776. The Labute approximate surface area is 161 Å². The molecular formula is C19H22F3N5O. The van der Waals surface area contributed by atoms with Gasteiger partial charge < -0.3 is 16.0 Å². The molecule has 1 heterocycles. The number of nitrogens with one attached hydrogen (secondary N) is 3. The van der Waals surface area contributed by atoms with Crippen LogP contribution in [0.3, 0.4) is 0 Å². The Balaban J connectivity index is 1.83. The number of pyridine rings is 1. The van der Waals surface area contributed by atoms with Crippen LogP contribution >= 0.6 is 0 Å². The van der Waals surface area contributed by atoms with Gasteiger partial charge in [-0.1, -0.05) is 12.1 Å². The topological polar surface area (TPSA) is 78.4 Å². The SMILES string of the molecule is CCNC(=NCC(=O)Nc1cccnc1)NCCc1ccc(C(F)(F)F)cc1. The lowest BCUT2D eigenvalue weighted by Crippen LogP contribution is -2.39. The summed E-state index contributed by atoms with van der Waals surface area (Å²) in [6, 6.07) is 8.48. The molecule has 9 heteroatoms. The van der Waals surface area contributed by atoms with Gasteiger partial charge in [-0.25, -0.2) is 4.99 Å². The van der Waals surface area contributed by atoms with Gasteiger partial charge in [-0.3, -0.25) is 9.78 Å². The number of halogens is 3. The smallest absolute Gasteiger partial charge is 0.357 e. The molecule has 2 rings (SSSR count). The average Bonchev–Trinajstić information content (AvgIpc) is 2.66. The zero-order chi connectivity index (χ0) is 20.4. The van der Waals surface area contributed by atoms with E-state index in [2.05, 4.69) is 25.9 Å². The molecule has 28 heavy (non-hydrogen) atoms. The Morgan fingerprint density at radius 3 is 2.50 bits per heavy atom. The summed E-state index contributed by atoms with van der Waals surface area (Å²) in [5, 5.41) is 8.76. The second-order valence-corrected chi connectivity index (χ2v) is 5.86. The second kappa shape index (κ2) is 10.3. The first kappa shape index (κ1) is 21.2. The van der Waals surface area contributed by atoms with Crippen molar-refractivity contribution < 1.29 is 18.0 Å². The van der Waals surface area contributed by atoms with Crippen LogP contribution in [0.1, 0.15) is 18.1 Å². The van der Waals surface area contributed by atoms with Crippen molar-refractivity contribution >= 4 is 17.6 Å². The maximum Gasteiger partial charge on any atom is 0.416 e. The van der Waals surface area contributed by atoms with Gasteiger partial charge in [0, 0.05) is 19.3 Å². The number of nitrogens with zero attached hydrogens (tertiary/aromatic N) is 2. The largest absolute Gasteiger partial charge is 0.416 e. The van der Waals surface area contributed by atoms with Crippen LogP contribution in [0.4, 0.5) is 18.9 Å². The van der Waals surface area contributed by atoms with Crippen molar-refractivity contribution in [2.75, 3.05) is 25.0 Å². The predicted octanol–water partition coefficient (Wildman–Crippen LogP) is 2.84. The number of aliphatic imine (C=N–C) groups is 1. The lowest BCUT2D eigenvalue weighted by molar-refractivity contribution is -0.137. The lowest BCUT2D eigenvalue weighted by atomic mass is 10.1. The molecule has 0 unspecified atom stereocenters. The molecule has 0 bridgehead atoms. The summed E-state index contributed by atoms with van der Waals surface area (Å²) < 4.78 is 37.7. The number of alkyl halides is 3. The standard InChI is InChI=1S/C19H22F3N5O/c1-2-24-18(26-13-17(28)27-16-4-3-10-23-12-16)25-11-9-14-5-7-15(8-6-14)19(20,21)22/h3-8,10,12H,2,9,11,13H2,1H3,(H,27,28)(H2,24,25,26). The molecule has 150 valence electrons. The molecule has 0 saturated heterocycles. The Morgan fingerprint density at radius 2 is 1.89 bits per heavy atom. The highest BCUT2D eigenvalue weighted by Crippen LogP contribution is 2.29. The molecule has 0 radical (unpaired) electrons. The zero-order valence-corrected chi connectivity index (χ0v) is 15.4. The quantitative estimate of drug-likeness (QED) is 0.499. The van der Waals surface area contributed by atoms with Crippen LogP contribution in [0.25, 0.3) is 0 Å². The van der Waals surface area contributed by atoms with E-state index in [1.165, 1.54) is 18.3 Å². The van der Waals surface area contributed by atoms with Crippen molar-refractivity contribution in [1.29, 1.82) is 0 Å². The first-order chi connectivity index (χ1) is 13.4. The van der Waals surface area contributed by atoms with Gasteiger partial charge in [-0.15, -0.1) is 0 Å². The van der Waals surface area contributed by atoms with E-state index in [9.17, 15) is 18.0 Å². The minimum Gasteiger partial charge on any atom is -0.357 e. The summed E-state index contributed by atoms with van der Waals surface area (Å²) in [5.41, 5.74) is 0.687. The summed E-state index contributed by atoms with van der Waals surface area (Å²) in [4.78, 5) is 20.0. The van der Waals surface area contributed by atoms with E-state index in [4.69, 9.17) is 0 Å². The number of carbonyl (C=O) groups is 1. The van der Waals surface area contributed by atoms with Crippen LogP contribution in [0.5, 0.6) is 0 Å². The maximum atomic E-state index is 12.6. The summed E-state index contributed by atoms with van der Waals surface area (Å²) in [6.45, 7) is 2.88. The van der Waals surface area contributed by atoms with Crippen LogP contribution in [0, 0.1) is 0 Å². The fourth-order valence-corrected chi connectivity index (χ4v) is 2.32. The summed E-state index contributed by atoms with van der Waals surface area (Å²) >= 11 is 0. The van der Waals surface area contributed by atoms with Crippen molar-refractivity contribution in [1.82, 2.24) is 15.6 Å². The molecule has 0 aliphatic rings. The molecule has 1 aromatic heterocycles. The van der Waals surface area contributed by atoms with E-state index < -0.39 is 11.7 Å².